The summed E-state index contributed by atoms with van der Waals surface area (Å²) in [4.78, 5) is 12.0. The Hall–Kier alpha value is -1.33. The molecule has 2 aliphatic heterocycles. The van der Waals surface area contributed by atoms with Crippen LogP contribution >= 0.6 is 11.6 Å². The highest BCUT2D eigenvalue weighted by Crippen LogP contribution is 2.58. The van der Waals surface area contributed by atoms with Gasteiger partial charge in [0.15, 0.2) is 0 Å². The second kappa shape index (κ2) is 4.60. The predicted molar refractivity (Wildman–Crippen MR) is 69.7 cm³/mol. The van der Waals surface area contributed by atoms with Crippen molar-refractivity contribution in [2.75, 3.05) is 19.9 Å². The average Bonchev–Trinajstić information content (AvgIpc) is 2.92. The van der Waals surface area contributed by atoms with Crippen LogP contribution in [0, 0.1) is 5.41 Å². The number of hydrogen-bond acceptors (Lipinski definition) is 4. The van der Waals surface area contributed by atoms with Gasteiger partial charge >= 0.3 is 5.97 Å². The molecule has 0 amide bonds. The molecule has 1 aromatic rings. The third-order valence-corrected chi connectivity index (χ3v) is 4.34. The van der Waals surface area contributed by atoms with E-state index in [4.69, 9.17) is 21.1 Å². The first kappa shape index (κ1) is 13.6. The van der Waals surface area contributed by atoms with Crippen LogP contribution in [0.4, 0.5) is 4.39 Å². The maximum Gasteiger partial charge on any atom is 0.343 e. The zero-order valence-electron chi connectivity index (χ0n) is 10.7. The Kier molecular flexibility index (Phi) is 3.14. The van der Waals surface area contributed by atoms with E-state index >= 15 is 0 Å². The number of halogens is 2. The fraction of sp³-hybridized carbons (Fsp3) is 0.500. The van der Waals surface area contributed by atoms with Crippen LogP contribution in [0.5, 0.6) is 5.75 Å². The number of carbonyl (C=O) groups excluding carboxylic acids is 1. The van der Waals surface area contributed by atoms with Gasteiger partial charge < -0.3 is 14.6 Å². The maximum absolute atomic E-state index is 12.8. The first-order chi connectivity index (χ1) is 9.49. The molecule has 4 rings (SSSR count). The summed E-state index contributed by atoms with van der Waals surface area (Å²) in [6, 6.07) is 4.42. The normalized spacial score (nSPS) is 30.9. The monoisotopic (exact) mass is 300 g/mol. The number of carbonyl (C=O) groups is 1. The van der Waals surface area contributed by atoms with E-state index in [1.54, 1.807) is 6.07 Å². The van der Waals surface area contributed by atoms with Gasteiger partial charge in [-0.1, -0.05) is 17.7 Å². The number of rotatable bonds is 4. The van der Waals surface area contributed by atoms with E-state index in [0.717, 1.165) is 0 Å². The summed E-state index contributed by atoms with van der Waals surface area (Å²) < 4.78 is 23.4. The van der Waals surface area contributed by atoms with Crippen molar-refractivity contribution >= 4 is 17.6 Å². The molecule has 4 nitrogen and oxygen atoms in total. The fourth-order valence-corrected chi connectivity index (χ4v) is 3.35. The SMILES string of the molecule is O=C(OCC12COC(CF)(C1)C2)c1c(O)cccc1Cl. The van der Waals surface area contributed by atoms with Crippen molar-refractivity contribution in [2.24, 2.45) is 5.41 Å². The molecule has 2 bridgehead atoms. The van der Waals surface area contributed by atoms with Gasteiger partial charge in [-0.25, -0.2) is 9.18 Å². The smallest absolute Gasteiger partial charge is 0.343 e. The first-order valence-electron chi connectivity index (χ1n) is 6.34. The largest absolute Gasteiger partial charge is 0.507 e. The molecule has 1 N–H and O–H groups in total. The van der Waals surface area contributed by atoms with Crippen molar-refractivity contribution in [2.45, 2.75) is 18.4 Å². The van der Waals surface area contributed by atoms with Crippen LogP contribution in [0.2, 0.25) is 5.02 Å². The second-order valence-corrected chi connectivity index (χ2v) is 6.08. The van der Waals surface area contributed by atoms with E-state index < -0.39 is 18.2 Å². The summed E-state index contributed by atoms with van der Waals surface area (Å²) >= 11 is 5.87. The molecule has 6 heteroatoms. The summed E-state index contributed by atoms with van der Waals surface area (Å²) in [7, 11) is 0. The predicted octanol–water partition coefficient (Wildman–Crippen LogP) is 2.72. The van der Waals surface area contributed by atoms with E-state index in [-0.39, 0.29) is 28.4 Å². The number of phenolic OH excluding ortho intramolecular Hbond substituents is 1. The minimum atomic E-state index is -0.674. The Labute approximate surface area is 120 Å². The molecule has 0 radical (unpaired) electrons. The zero-order chi connectivity index (χ0) is 14.4. The van der Waals surface area contributed by atoms with Crippen molar-refractivity contribution in [3.05, 3.63) is 28.8 Å². The second-order valence-electron chi connectivity index (χ2n) is 5.67. The molecule has 3 aliphatic rings. The summed E-state index contributed by atoms with van der Waals surface area (Å²) in [5.41, 5.74) is -0.974. The molecular formula is C14H14ClFO4. The highest BCUT2D eigenvalue weighted by atomic mass is 35.5. The number of phenols is 1. The van der Waals surface area contributed by atoms with Crippen molar-refractivity contribution in [3.8, 4) is 5.75 Å². The molecular weight excluding hydrogens is 287 g/mol. The van der Waals surface area contributed by atoms with Crippen LogP contribution in [0.1, 0.15) is 23.2 Å². The van der Waals surface area contributed by atoms with Crippen LogP contribution in [0.25, 0.3) is 0 Å². The third-order valence-electron chi connectivity index (χ3n) is 4.03. The number of benzene rings is 1. The van der Waals surface area contributed by atoms with E-state index in [2.05, 4.69) is 0 Å². The Morgan fingerprint density at radius 2 is 2.25 bits per heavy atom. The van der Waals surface area contributed by atoms with Crippen LogP contribution in [-0.2, 0) is 9.47 Å². The maximum atomic E-state index is 12.8. The molecule has 1 aliphatic carbocycles. The molecule has 2 saturated heterocycles. The molecule has 2 heterocycles. The number of alkyl halides is 1. The Morgan fingerprint density at radius 3 is 2.85 bits per heavy atom. The van der Waals surface area contributed by atoms with Gasteiger partial charge in [-0.15, -0.1) is 0 Å². The lowest BCUT2D eigenvalue weighted by atomic mass is 9.63. The lowest BCUT2D eigenvalue weighted by Crippen LogP contribution is -2.48. The Morgan fingerprint density at radius 1 is 1.50 bits per heavy atom. The number of fused-ring (bicyclic) bond motifs is 1. The lowest BCUT2D eigenvalue weighted by Gasteiger charge is -2.42. The van der Waals surface area contributed by atoms with Crippen LogP contribution in [-0.4, -0.2) is 36.6 Å². The number of aromatic hydroxyl groups is 1. The van der Waals surface area contributed by atoms with Gasteiger partial charge in [-0.05, 0) is 25.0 Å². The standard InChI is InChI=1S/C14H14ClFO4/c15-9-2-1-3-10(17)11(9)12(18)19-7-13-4-14(5-13,6-16)20-8-13/h1-3,17H,4-8H2. The molecule has 0 aromatic heterocycles. The molecule has 0 spiro atoms. The molecule has 108 valence electrons. The number of hydrogen-bond donors (Lipinski definition) is 1. The molecule has 20 heavy (non-hydrogen) atoms. The average molecular weight is 301 g/mol. The number of ether oxygens (including phenoxy) is 2. The molecule has 0 unspecified atom stereocenters. The van der Waals surface area contributed by atoms with E-state index in [1.165, 1.54) is 12.1 Å². The van der Waals surface area contributed by atoms with Crippen molar-refractivity contribution in [1.82, 2.24) is 0 Å². The van der Waals surface area contributed by atoms with Gasteiger partial charge in [0, 0.05) is 5.41 Å². The highest BCUT2D eigenvalue weighted by molar-refractivity contribution is 6.34. The first-order valence-corrected chi connectivity index (χ1v) is 6.72. The summed E-state index contributed by atoms with van der Waals surface area (Å²) in [6.45, 7) is 0.0466. The Bertz CT molecular complexity index is 534. The molecule has 0 atom stereocenters. The van der Waals surface area contributed by atoms with Crippen LogP contribution in [0.15, 0.2) is 18.2 Å². The van der Waals surface area contributed by atoms with Crippen molar-refractivity contribution < 1.29 is 23.8 Å². The topological polar surface area (TPSA) is 55.8 Å². The summed E-state index contributed by atoms with van der Waals surface area (Å²) in [5, 5.41) is 9.79. The van der Waals surface area contributed by atoms with Crippen molar-refractivity contribution in [3.63, 3.8) is 0 Å². The van der Waals surface area contributed by atoms with E-state index in [9.17, 15) is 14.3 Å². The quantitative estimate of drug-likeness (QED) is 0.869. The van der Waals surface area contributed by atoms with E-state index in [1.807, 2.05) is 0 Å². The molecule has 3 fully saturated rings. The van der Waals surface area contributed by atoms with Gasteiger partial charge in [0.1, 0.15) is 18.0 Å². The van der Waals surface area contributed by atoms with E-state index in [0.29, 0.717) is 19.4 Å². The zero-order valence-corrected chi connectivity index (χ0v) is 11.5. The minimum absolute atomic E-state index is 0.0411. The fourth-order valence-electron chi connectivity index (χ4n) is 3.11. The van der Waals surface area contributed by atoms with Gasteiger partial charge in [0.05, 0.1) is 23.8 Å². The lowest BCUT2D eigenvalue weighted by molar-refractivity contribution is -0.0496. The Balaban J connectivity index is 1.64. The van der Waals surface area contributed by atoms with Gasteiger partial charge in [0.25, 0.3) is 0 Å². The number of esters is 1. The molecule has 1 saturated carbocycles. The van der Waals surface area contributed by atoms with Crippen LogP contribution < -0.4 is 0 Å². The molecule has 1 aromatic carbocycles. The van der Waals surface area contributed by atoms with Crippen molar-refractivity contribution in [1.29, 1.82) is 0 Å². The van der Waals surface area contributed by atoms with Gasteiger partial charge in [-0.2, -0.15) is 0 Å². The summed E-state index contributed by atoms with van der Waals surface area (Å²) in [6.07, 6.45) is 1.14. The van der Waals surface area contributed by atoms with Gasteiger partial charge in [0.2, 0.25) is 0 Å². The van der Waals surface area contributed by atoms with Gasteiger partial charge in [-0.3, -0.25) is 0 Å². The third kappa shape index (κ3) is 2.05. The van der Waals surface area contributed by atoms with Crippen LogP contribution in [0.3, 0.4) is 0 Å². The summed E-state index contributed by atoms with van der Waals surface area (Å²) in [5.74, 6) is -0.887. The minimum Gasteiger partial charge on any atom is -0.507 e. The highest BCUT2D eigenvalue weighted by Gasteiger charge is 2.63.